The van der Waals surface area contributed by atoms with E-state index in [2.05, 4.69) is 37.2 Å². The fraction of sp³-hybridized carbons (Fsp3) is 0.133. The maximum atomic E-state index is 12.5. The number of carbonyl (C=O) groups excluding carboxylic acids is 1. The van der Waals surface area contributed by atoms with Crippen LogP contribution < -0.4 is 15.8 Å². The number of benzene rings is 2. The van der Waals surface area contributed by atoms with Gasteiger partial charge in [0.1, 0.15) is 5.75 Å². The maximum absolute atomic E-state index is 12.5. The molecular formula is C15H14Br2N2O2. The van der Waals surface area contributed by atoms with Crippen LogP contribution in [0.3, 0.4) is 0 Å². The highest BCUT2D eigenvalue weighted by Gasteiger charge is 2.17. The molecule has 3 N–H and O–H groups in total. The number of ether oxygens (including phenoxy) is 1. The minimum Gasteiger partial charge on any atom is -0.495 e. The Hall–Kier alpha value is -1.53. The topological polar surface area (TPSA) is 64.3 Å². The molecule has 0 aromatic heterocycles. The second-order valence-corrected chi connectivity index (χ2v) is 6.27. The van der Waals surface area contributed by atoms with Crippen LogP contribution in [0.4, 0.5) is 11.4 Å². The molecular weight excluding hydrogens is 400 g/mol. The van der Waals surface area contributed by atoms with Gasteiger partial charge in [-0.3, -0.25) is 4.79 Å². The molecule has 0 saturated carbocycles. The summed E-state index contributed by atoms with van der Waals surface area (Å²) in [6.45, 7) is 1.89. The predicted octanol–water partition coefficient (Wildman–Crippen LogP) is 4.36. The molecule has 2 rings (SSSR count). The molecule has 0 radical (unpaired) electrons. The maximum Gasteiger partial charge on any atom is 0.259 e. The van der Waals surface area contributed by atoms with Gasteiger partial charge >= 0.3 is 0 Å². The van der Waals surface area contributed by atoms with Crippen LogP contribution in [0.25, 0.3) is 0 Å². The van der Waals surface area contributed by atoms with Crippen molar-refractivity contribution in [2.24, 2.45) is 0 Å². The molecule has 2 aromatic rings. The first kappa shape index (κ1) is 15.9. The average molecular weight is 414 g/mol. The molecule has 0 fully saturated rings. The van der Waals surface area contributed by atoms with Crippen LogP contribution in [0.15, 0.2) is 39.3 Å². The van der Waals surface area contributed by atoms with Crippen molar-refractivity contribution < 1.29 is 9.53 Å². The fourth-order valence-corrected chi connectivity index (χ4v) is 3.34. The number of hydrogen-bond acceptors (Lipinski definition) is 3. The third-order valence-corrected chi connectivity index (χ3v) is 4.00. The summed E-state index contributed by atoms with van der Waals surface area (Å²) in [5.41, 5.74) is 8.42. The molecule has 110 valence electrons. The van der Waals surface area contributed by atoms with E-state index < -0.39 is 0 Å². The van der Waals surface area contributed by atoms with Gasteiger partial charge in [0, 0.05) is 15.8 Å². The largest absolute Gasteiger partial charge is 0.495 e. The molecule has 6 heteroatoms. The summed E-state index contributed by atoms with van der Waals surface area (Å²) < 4.78 is 6.78. The number of anilines is 2. The molecule has 0 spiro atoms. The van der Waals surface area contributed by atoms with Crippen molar-refractivity contribution in [2.45, 2.75) is 6.92 Å². The number of nitrogens with two attached hydrogens (primary N) is 1. The van der Waals surface area contributed by atoms with Crippen molar-refractivity contribution in [1.82, 2.24) is 0 Å². The third-order valence-electron chi connectivity index (χ3n) is 2.96. The van der Waals surface area contributed by atoms with Crippen molar-refractivity contribution in [2.75, 3.05) is 18.2 Å². The number of carbonyl (C=O) groups is 1. The van der Waals surface area contributed by atoms with Crippen LogP contribution >= 0.6 is 31.9 Å². The second kappa shape index (κ2) is 6.49. The van der Waals surface area contributed by atoms with Crippen molar-refractivity contribution in [3.63, 3.8) is 0 Å². The number of nitrogens with one attached hydrogen (secondary N) is 1. The molecule has 0 aliphatic carbocycles. The van der Waals surface area contributed by atoms with Crippen molar-refractivity contribution >= 4 is 49.1 Å². The molecule has 0 bridgehead atoms. The van der Waals surface area contributed by atoms with Gasteiger partial charge in [-0.25, -0.2) is 0 Å². The Morgan fingerprint density at radius 2 is 1.95 bits per heavy atom. The quantitative estimate of drug-likeness (QED) is 0.734. The van der Waals surface area contributed by atoms with E-state index in [9.17, 15) is 4.79 Å². The minimum absolute atomic E-state index is 0.248. The molecule has 0 aliphatic heterocycles. The van der Waals surface area contributed by atoms with E-state index in [-0.39, 0.29) is 5.91 Å². The first-order valence-corrected chi connectivity index (χ1v) is 7.71. The number of nitrogen functional groups attached to an aromatic ring is 1. The molecule has 21 heavy (non-hydrogen) atoms. The summed E-state index contributed by atoms with van der Waals surface area (Å²) in [5, 5.41) is 2.87. The molecule has 1 amide bonds. The molecule has 0 unspecified atom stereocenters. The lowest BCUT2D eigenvalue weighted by atomic mass is 10.1. The Balaban J connectivity index is 2.36. The second-order valence-electron chi connectivity index (χ2n) is 4.50. The van der Waals surface area contributed by atoms with E-state index in [4.69, 9.17) is 10.5 Å². The Labute approximate surface area is 139 Å². The van der Waals surface area contributed by atoms with Gasteiger partial charge in [-0.2, -0.15) is 0 Å². The number of hydrogen-bond donors (Lipinski definition) is 2. The standard InChI is InChI=1S/C15H14Br2N2O2/c1-8-5-10(18)3-4-13(8)19-15(20)11-6-9(16)7-12(17)14(11)21-2/h3-7H,18H2,1-2H3,(H,19,20). The van der Waals surface area contributed by atoms with Crippen LogP contribution in [-0.2, 0) is 0 Å². The summed E-state index contributed by atoms with van der Waals surface area (Å²) in [7, 11) is 1.53. The monoisotopic (exact) mass is 412 g/mol. The number of methoxy groups -OCH3 is 1. The van der Waals surface area contributed by atoms with Gasteiger partial charge < -0.3 is 15.8 Å². The van der Waals surface area contributed by atoms with E-state index in [1.54, 1.807) is 18.2 Å². The predicted molar refractivity (Wildman–Crippen MR) is 91.9 cm³/mol. The summed E-state index contributed by atoms with van der Waals surface area (Å²) in [5.74, 6) is 0.241. The first-order valence-electron chi connectivity index (χ1n) is 6.13. The number of amides is 1. The van der Waals surface area contributed by atoms with Crippen molar-refractivity contribution in [3.8, 4) is 5.75 Å². The summed E-state index contributed by atoms with van der Waals surface area (Å²) in [6, 6.07) is 8.87. The van der Waals surface area contributed by atoms with E-state index in [1.165, 1.54) is 7.11 Å². The molecule has 0 aliphatic rings. The van der Waals surface area contributed by atoms with Crippen LogP contribution in [0.1, 0.15) is 15.9 Å². The zero-order valence-corrected chi connectivity index (χ0v) is 14.7. The van der Waals surface area contributed by atoms with E-state index >= 15 is 0 Å². The fourth-order valence-electron chi connectivity index (χ4n) is 1.95. The highest BCUT2D eigenvalue weighted by molar-refractivity contribution is 9.11. The van der Waals surface area contributed by atoms with E-state index in [0.29, 0.717) is 27.2 Å². The summed E-state index contributed by atoms with van der Waals surface area (Å²) in [4.78, 5) is 12.5. The molecule has 2 aromatic carbocycles. The van der Waals surface area contributed by atoms with Gasteiger partial charge in [0.15, 0.2) is 0 Å². The average Bonchev–Trinajstić information content (AvgIpc) is 2.41. The van der Waals surface area contributed by atoms with Crippen LogP contribution in [-0.4, -0.2) is 13.0 Å². The molecule has 4 nitrogen and oxygen atoms in total. The zero-order chi connectivity index (χ0) is 15.6. The number of rotatable bonds is 3. The zero-order valence-electron chi connectivity index (χ0n) is 11.5. The number of halogens is 2. The van der Waals surface area contributed by atoms with E-state index in [1.807, 2.05) is 19.1 Å². The van der Waals surface area contributed by atoms with Gasteiger partial charge in [0.05, 0.1) is 17.1 Å². The molecule has 0 saturated heterocycles. The van der Waals surface area contributed by atoms with Gasteiger partial charge in [-0.15, -0.1) is 0 Å². The van der Waals surface area contributed by atoms with Crippen LogP contribution in [0.5, 0.6) is 5.75 Å². The van der Waals surface area contributed by atoms with Crippen molar-refractivity contribution in [1.29, 1.82) is 0 Å². The lowest BCUT2D eigenvalue weighted by molar-refractivity contribution is 0.102. The highest BCUT2D eigenvalue weighted by Crippen LogP contribution is 2.33. The van der Waals surface area contributed by atoms with Gasteiger partial charge in [0.25, 0.3) is 5.91 Å². The SMILES string of the molecule is COc1c(Br)cc(Br)cc1C(=O)Nc1ccc(N)cc1C. The Bertz CT molecular complexity index is 702. The van der Waals surface area contributed by atoms with Crippen molar-refractivity contribution in [3.05, 3.63) is 50.4 Å². The van der Waals surface area contributed by atoms with Gasteiger partial charge in [-0.05, 0) is 58.7 Å². The number of aryl methyl sites for hydroxylation is 1. The third kappa shape index (κ3) is 3.57. The van der Waals surface area contributed by atoms with Gasteiger partial charge in [0.2, 0.25) is 0 Å². The smallest absolute Gasteiger partial charge is 0.259 e. The Kier molecular flexibility index (Phi) is 4.90. The molecule has 0 heterocycles. The Morgan fingerprint density at radius 3 is 2.57 bits per heavy atom. The lowest BCUT2D eigenvalue weighted by Gasteiger charge is -2.13. The summed E-state index contributed by atoms with van der Waals surface area (Å²) in [6.07, 6.45) is 0. The normalized spacial score (nSPS) is 10.3. The summed E-state index contributed by atoms with van der Waals surface area (Å²) >= 11 is 6.76. The Morgan fingerprint density at radius 1 is 1.24 bits per heavy atom. The lowest BCUT2D eigenvalue weighted by Crippen LogP contribution is -2.14. The first-order chi connectivity index (χ1) is 9.92. The minimum atomic E-state index is -0.248. The molecule has 0 atom stereocenters. The van der Waals surface area contributed by atoms with Gasteiger partial charge in [-0.1, -0.05) is 15.9 Å². The van der Waals surface area contributed by atoms with Crippen LogP contribution in [0, 0.1) is 6.92 Å². The van der Waals surface area contributed by atoms with Crippen LogP contribution in [0.2, 0.25) is 0 Å². The highest BCUT2D eigenvalue weighted by atomic mass is 79.9. The van der Waals surface area contributed by atoms with E-state index in [0.717, 1.165) is 10.0 Å².